The highest BCUT2D eigenvalue weighted by Gasteiger charge is 2.40. The number of ketones is 1. The quantitative estimate of drug-likeness (QED) is 0.732. The monoisotopic (exact) mass is 238 g/mol. The predicted octanol–water partition coefficient (Wildman–Crippen LogP) is 3.73. The Balaban J connectivity index is 1.92. The Labute approximate surface area is 105 Å². The van der Waals surface area contributed by atoms with Crippen molar-refractivity contribution in [3.05, 3.63) is 0 Å². The number of carbonyl (C=O) groups is 1. The van der Waals surface area contributed by atoms with Crippen LogP contribution in [0.4, 0.5) is 0 Å². The van der Waals surface area contributed by atoms with Crippen LogP contribution in [-0.2, 0) is 9.53 Å². The highest BCUT2D eigenvalue weighted by atomic mass is 16.5. The molecule has 1 saturated carbocycles. The van der Waals surface area contributed by atoms with E-state index in [2.05, 4.69) is 0 Å². The first-order valence-electron chi connectivity index (χ1n) is 7.09. The van der Waals surface area contributed by atoms with E-state index in [4.69, 9.17) is 4.74 Å². The average molecular weight is 238 g/mol. The normalized spacial score (nSPS) is 28.5. The van der Waals surface area contributed by atoms with Crippen LogP contribution < -0.4 is 0 Å². The van der Waals surface area contributed by atoms with E-state index in [1.807, 2.05) is 20.8 Å². The Morgan fingerprint density at radius 1 is 1.29 bits per heavy atom. The molecule has 0 N–H and O–H groups in total. The maximum Gasteiger partial charge on any atom is 0.138 e. The van der Waals surface area contributed by atoms with Gasteiger partial charge in [0.15, 0.2) is 0 Å². The van der Waals surface area contributed by atoms with Crippen LogP contribution in [0.1, 0.15) is 65.7 Å². The molecule has 0 aromatic carbocycles. The fourth-order valence-corrected chi connectivity index (χ4v) is 3.24. The van der Waals surface area contributed by atoms with Gasteiger partial charge in [-0.2, -0.15) is 0 Å². The van der Waals surface area contributed by atoms with Crippen LogP contribution in [0.2, 0.25) is 0 Å². The molecule has 2 rings (SSSR count). The summed E-state index contributed by atoms with van der Waals surface area (Å²) in [5, 5.41) is 0. The third-order valence-electron chi connectivity index (χ3n) is 4.42. The Bertz CT molecular complexity index is 282. The first kappa shape index (κ1) is 13.1. The molecule has 2 aliphatic rings. The second-order valence-corrected chi connectivity index (χ2v) is 6.97. The van der Waals surface area contributed by atoms with Crippen molar-refractivity contribution in [3.63, 3.8) is 0 Å². The van der Waals surface area contributed by atoms with Gasteiger partial charge in [-0.25, -0.2) is 0 Å². The Morgan fingerprint density at radius 2 is 1.94 bits per heavy atom. The fourth-order valence-electron chi connectivity index (χ4n) is 3.24. The maximum atomic E-state index is 12.1. The number of ether oxygens (including phenoxy) is 1. The van der Waals surface area contributed by atoms with E-state index in [1.165, 1.54) is 25.7 Å². The zero-order chi connectivity index (χ0) is 12.5. The molecule has 0 radical (unpaired) electrons. The van der Waals surface area contributed by atoms with E-state index < -0.39 is 0 Å². The molecule has 17 heavy (non-hydrogen) atoms. The minimum Gasteiger partial charge on any atom is -0.375 e. The van der Waals surface area contributed by atoms with Crippen molar-refractivity contribution in [1.82, 2.24) is 0 Å². The van der Waals surface area contributed by atoms with Gasteiger partial charge in [-0.15, -0.1) is 0 Å². The standard InChI is InChI=1S/C15H26O2/c1-14(2,3)13(16)10-12-6-9-17-15(11-12)7-4-5-8-15/h12H,4-11H2,1-3H3. The summed E-state index contributed by atoms with van der Waals surface area (Å²) < 4.78 is 6.01. The smallest absolute Gasteiger partial charge is 0.138 e. The van der Waals surface area contributed by atoms with Crippen molar-refractivity contribution in [2.45, 2.75) is 71.3 Å². The topological polar surface area (TPSA) is 26.3 Å². The van der Waals surface area contributed by atoms with E-state index >= 15 is 0 Å². The SMILES string of the molecule is CC(C)(C)C(=O)CC1CCOC2(CCCC2)C1. The molecule has 2 heteroatoms. The highest BCUT2D eigenvalue weighted by molar-refractivity contribution is 5.83. The van der Waals surface area contributed by atoms with Crippen molar-refractivity contribution >= 4 is 5.78 Å². The van der Waals surface area contributed by atoms with E-state index in [0.29, 0.717) is 11.7 Å². The van der Waals surface area contributed by atoms with Crippen LogP contribution in [0.3, 0.4) is 0 Å². The minimum atomic E-state index is -0.179. The summed E-state index contributed by atoms with van der Waals surface area (Å²) in [6, 6.07) is 0. The molecular weight excluding hydrogens is 212 g/mol. The van der Waals surface area contributed by atoms with E-state index in [9.17, 15) is 4.79 Å². The highest BCUT2D eigenvalue weighted by Crippen LogP contribution is 2.43. The van der Waals surface area contributed by atoms with Crippen molar-refractivity contribution in [2.75, 3.05) is 6.61 Å². The number of Topliss-reactive ketones (excluding diaryl/α,β-unsaturated/α-hetero) is 1. The zero-order valence-corrected chi connectivity index (χ0v) is 11.6. The van der Waals surface area contributed by atoms with Gasteiger partial charge < -0.3 is 4.74 Å². The molecule has 1 aliphatic heterocycles. The van der Waals surface area contributed by atoms with Crippen LogP contribution >= 0.6 is 0 Å². The summed E-state index contributed by atoms with van der Waals surface area (Å²) in [5.41, 5.74) is -0.0256. The third kappa shape index (κ3) is 3.09. The molecule has 0 bridgehead atoms. The van der Waals surface area contributed by atoms with Crippen molar-refractivity contribution in [1.29, 1.82) is 0 Å². The summed E-state index contributed by atoms with van der Waals surface area (Å²) in [7, 11) is 0. The molecule has 2 nitrogen and oxygen atoms in total. The van der Waals surface area contributed by atoms with Crippen molar-refractivity contribution in [2.24, 2.45) is 11.3 Å². The fraction of sp³-hybridized carbons (Fsp3) is 0.933. The Morgan fingerprint density at radius 3 is 2.53 bits per heavy atom. The van der Waals surface area contributed by atoms with Gasteiger partial charge in [-0.05, 0) is 31.6 Å². The molecule has 1 unspecified atom stereocenters. The predicted molar refractivity (Wildman–Crippen MR) is 69.0 cm³/mol. The molecule has 98 valence electrons. The van der Waals surface area contributed by atoms with Gasteiger partial charge in [0.1, 0.15) is 5.78 Å². The van der Waals surface area contributed by atoms with Gasteiger partial charge in [0.05, 0.1) is 5.60 Å². The molecule has 1 heterocycles. The first-order chi connectivity index (χ1) is 7.91. The second-order valence-electron chi connectivity index (χ2n) is 6.97. The summed E-state index contributed by atoms with van der Waals surface area (Å²) in [6.07, 6.45) is 7.99. The number of hydrogen-bond donors (Lipinski definition) is 0. The number of carbonyl (C=O) groups excluding carboxylic acids is 1. The minimum absolute atomic E-state index is 0.154. The zero-order valence-electron chi connectivity index (χ0n) is 11.6. The summed E-state index contributed by atoms with van der Waals surface area (Å²) in [6.45, 7) is 6.95. The van der Waals surface area contributed by atoms with Crippen molar-refractivity contribution in [3.8, 4) is 0 Å². The Kier molecular flexibility index (Phi) is 3.63. The lowest BCUT2D eigenvalue weighted by molar-refractivity contribution is -0.131. The summed E-state index contributed by atoms with van der Waals surface area (Å²) >= 11 is 0. The molecule has 1 atom stereocenters. The van der Waals surface area contributed by atoms with Gasteiger partial charge in [0.2, 0.25) is 0 Å². The molecule has 2 fully saturated rings. The van der Waals surface area contributed by atoms with E-state index in [-0.39, 0.29) is 11.0 Å². The van der Waals surface area contributed by atoms with Gasteiger partial charge in [-0.1, -0.05) is 33.6 Å². The van der Waals surface area contributed by atoms with Crippen LogP contribution in [-0.4, -0.2) is 18.0 Å². The largest absolute Gasteiger partial charge is 0.375 e. The van der Waals surface area contributed by atoms with E-state index in [1.54, 1.807) is 0 Å². The maximum absolute atomic E-state index is 12.1. The van der Waals surface area contributed by atoms with Crippen LogP contribution in [0, 0.1) is 11.3 Å². The summed E-state index contributed by atoms with van der Waals surface area (Å²) in [5.74, 6) is 0.978. The lowest BCUT2D eigenvalue weighted by Crippen LogP contribution is -2.38. The lowest BCUT2D eigenvalue weighted by Gasteiger charge is -2.38. The summed E-state index contributed by atoms with van der Waals surface area (Å²) in [4.78, 5) is 12.1. The molecule has 1 saturated heterocycles. The van der Waals surface area contributed by atoms with Crippen LogP contribution in [0.25, 0.3) is 0 Å². The van der Waals surface area contributed by atoms with Gasteiger partial charge in [0, 0.05) is 18.4 Å². The Hall–Kier alpha value is -0.370. The average Bonchev–Trinajstić information content (AvgIpc) is 2.65. The molecule has 0 aromatic rings. The van der Waals surface area contributed by atoms with Gasteiger partial charge in [-0.3, -0.25) is 4.79 Å². The van der Waals surface area contributed by atoms with Crippen LogP contribution in [0.15, 0.2) is 0 Å². The second kappa shape index (κ2) is 4.72. The lowest BCUT2D eigenvalue weighted by atomic mass is 9.78. The molecule has 1 spiro atoms. The molecule has 1 aliphatic carbocycles. The third-order valence-corrected chi connectivity index (χ3v) is 4.42. The van der Waals surface area contributed by atoms with E-state index in [0.717, 1.165) is 25.9 Å². The molecule has 0 aromatic heterocycles. The van der Waals surface area contributed by atoms with Gasteiger partial charge in [0.25, 0.3) is 0 Å². The van der Waals surface area contributed by atoms with Gasteiger partial charge >= 0.3 is 0 Å². The molecular formula is C15H26O2. The number of rotatable bonds is 2. The number of hydrogen-bond acceptors (Lipinski definition) is 2. The first-order valence-corrected chi connectivity index (χ1v) is 7.09. The van der Waals surface area contributed by atoms with Crippen LogP contribution in [0.5, 0.6) is 0 Å². The van der Waals surface area contributed by atoms with Crippen molar-refractivity contribution < 1.29 is 9.53 Å². The molecule has 0 amide bonds.